The minimum Gasteiger partial charge on any atom is -0.356 e. The Morgan fingerprint density at radius 2 is 2.20 bits per heavy atom. The third-order valence-corrected chi connectivity index (χ3v) is 4.32. The summed E-state index contributed by atoms with van der Waals surface area (Å²) in [4.78, 5) is 18.1. The molecule has 1 fully saturated rings. The molecule has 1 unspecified atom stereocenters. The van der Waals surface area contributed by atoms with Crippen molar-refractivity contribution >= 4 is 5.91 Å². The van der Waals surface area contributed by atoms with Gasteiger partial charge in [-0.15, -0.1) is 0 Å². The fourth-order valence-electron chi connectivity index (χ4n) is 2.88. The predicted octanol–water partition coefficient (Wildman–Crippen LogP) is 1.39. The van der Waals surface area contributed by atoms with Crippen LogP contribution in [0.2, 0.25) is 0 Å². The molecule has 2 heterocycles. The SMILES string of the molecule is CC(=O)NCC1CCCN(Cc2nc(C)c(C)n2C)C1. The Hall–Kier alpha value is -1.36. The van der Waals surface area contributed by atoms with Crippen LogP contribution in [0.1, 0.15) is 37.0 Å². The van der Waals surface area contributed by atoms with Gasteiger partial charge in [-0.2, -0.15) is 0 Å². The first-order valence-corrected chi connectivity index (χ1v) is 7.43. The molecule has 0 spiro atoms. The van der Waals surface area contributed by atoms with Crippen molar-refractivity contribution in [3.8, 4) is 0 Å². The van der Waals surface area contributed by atoms with E-state index in [-0.39, 0.29) is 5.91 Å². The van der Waals surface area contributed by atoms with Crippen LogP contribution in [0.3, 0.4) is 0 Å². The van der Waals surface area contributed by atoms with Gasteiger partial charge in [0.25, 0.3) is 0 Å². The zero-order chi connectivity index (χ0) is 14.7. The van der Waals surface area contributed by atoms with Crippen LogP contribution < -0.4 is 5.32 Å². The van der Waals surface area contributed by atoms with Crippen molar-refractivity contribution in [3.63, 3.8) is 0 Å². The number of carbonyl (C=O) groups excluding carboxylic acids is 1. The van der Waals surface area contributed by atoms with Gasteiger partial charge in [0.2, 0.25) is 5.91 Å². The number of rotatable bonds is 4. The first-order valence-electron chi connectivity index (χ1n) is 7.43. The van der Waals surface area contributed by atoms with Crippen LogP contribution in [0.4, 0.5) is 0 Å². The first-order chi connectivity index (χ1) is 9.47. The van der Waals surface area contributed by atoms with E-state index in [0.29, 0.717) is 5.92 Å². The molecule has 0 bridgehead atoms. The number of nitrogens with zero attached hydrogens (tertiary/aromatic N) is 3. The van der Waals surface area contributed by atoms with E-state index in [1.54, 1.807) is 6.92 Å². The van der Waals surface area contributed by atoms with Crippen molar-refractivity contribution in [3.05, 3.63) is 17.2 Å². The molecule has 112 valence electrons. The molecule has 20 heavy (non-hydrogen) atoms. The minimum absolute atomic E-state index is 0.0671. The lowest BCUT2D eigenvalue weighted by Crippen LogP contribution is -2.40. The second kappa shape index (κ2) is 6.39. The highest BCUT2D eigenvalue weighted by Crippen LogP contribution is 2.18. The highest BCUT2D eigenvalue weighted by Gasteiger charge is 2.21. The molecule has 1 saturated heterocycles. The van der Waals surface area contributed by atoms with Crippen LogP contribution >= 0.6 is 0 Å². The van der Waals surface area contributed by atoms with Gasteiger partial charge in [-0.1, -0.05) is 0 Å². The van der Waals surface area contributed by atoms with E-state index in [1.165, 1.54) is 18.5 Å². The van der Waals surface area contributed by atoms with E-state index in [0.717, 1.165) is 37.7 Å². The van der Waals surface area contributed by atoms with E-state index < -0.39 is 0 Å². The molecule has 1 atom stereocenters. The Balaban J connectivity index is 1.92. The van der Waals surface area contributed by atoms with Gasteiger partial charge >= 0.3 is 0 Å². The lowest BCUT2D eigenvalue weighted by molar-refractivity contribution is -0.119. The molecule has 1 amide bonds. The Morgan fingerprint density at radius 3 is 2.80 bits per heavy atom. The van der Waals surface area contributed by atoms with Crippen molar-refractivity contribution < 1.29 is 4.79 Å². The fourth-order valence-corrected chi connectivity index (χ4v) is 2.88. The number of carbonyl (C=O) groups is 1. The number of hydrogen-bond acceptors (Lipinski definition) is 3. The largest absolute Gasteiger partial charge is 0.356 e. The molecule has 5 nitrogen and oxygen atoms in total. The summed E-state index contributed by atoms with van der Waals surface area (Å²) in [6.45, 7) is 9.63. The van der Waals surface area contributed by atoms with Crippen LogP contribution in [-0.2, 0) is 18.4 Å². The number of hydrogen-bond donors (Lipinski definition) is 1. The smallest absolute Gasteiger partial charge is 0.216 e. The number of piperidine rings is 1. The fraction of sp³-hybridized carbons (Fsp3) is 0.733. The van der Waals surface area contributed by atoms with Gasteiger partial charge in [0, 0.05) is 32.8 Å². The number of likely N-dealkylation sites (tertiary alicyclic amines) is 1. The molecule has 1 N–H and O–H groups in total. The van der Waals surface area contributed by atoms with Crippen molar-refractivity contribution in [2.24, 2.45) is 13.0 Å². The molecule has 1 aliphatic rings. The van der Waals surface area contributed by atoms with Gasteiger partial charge in [-0.3, -0.25) is 9.69 Å². The average molecular weight is 278 g/mol. The topological polar surface area (TPSA) is 50.2 Å². The zero-order valence-electron chi connectivity index (χ0n) is 13.1. The molecule has 1 aromatic heterocycles. The van der Waals surface area contributed by atoms with E-state index in [2.05, 4.69) is 40.7 Å². The van der Waals surface area contributed by atoms with Gasteiger partial charge in [-0.05, 0) is 39.2 Å². The third kappa shape index (κ3) is 3.60. The Labute approximate surface area is 121 Å². The summed E-state index contributed by atoms with van der Waals surface area (Å²) in [6, 6.07) is 0. The molecule has 0 aliphatic carbocycles. The molecule has 1 aromatic rings. The third-order valence-electron chi connectivity index (χ3n) is 4.32. The molecular formula is C15H26N4O. The summed E-state index contributed by atoms with van der Waals surface area (Å²) in [5, 5.41) is 2.94. The van der Waals surface area contributed by atoms with Crippen LogP contribution in [0.25, 0.3) is 0 Å². The highest BCUT2D eigenvalue weighted by atomic mass is 16.1. The van der Waals surface area contributed by atoms with Crippen molar-refractivity contribution in [1.82, 2.24) is 19.8 Å². The number of aryl methyl sites for hydroxylation is 1. The highest BCUT2D eigenvalue weighted by molar-refractivity contribution is 5.72. The molecule has 0 aromatic carbocycles. The van der Waals surface area contributed by atoms with E-state index >= 15 is 0 Å². The zero-order valence-corrected chi connectivity index (χ0v) is 13.1. The molecular weight excluding hydrogens is 252 g/mol. The standard InChI is InChI=1S/C15H26N4O/c1-11-12(2)18(4)15(17-11)10-19-7-5-6-14(9-19)8-16-13(3)20/h14H,5-10H2,1-4H3,(H,16,20). The van der Waals surface area contributed by atoms with E-state index in [1.807, 2.05) is 0 Å². The number of imidazole rings is 1. The number of aromatic nitrogens is 2. The van der Waals surface area contributed by atoms with Gasteiger partial charge in [0.05, 0.1) is 12.2 Å². The van der Waals surface area contributed by atoms with Crippen molar-refractivity contribution in [2.75, 3.05) is 19.6 Å². The maximum Gasteiger partial charge on any atom is 0.216 e. The maximum absolute atomic E-state index is 11.0. The summed E-state index contributed by atoms with van der Waals surface area (Å²) in [5.41, 5.74) is 2.36. The Bertz CT molecular complexity index is 480. The quantitative estimate of drug-likeness (QED) is 0.905. The summed E-state index contributed by atoms with van der Waals surface area (Å²) in [7, 11) is 2.09. The lowest BCUT2D eigenvalue weighted by Gasteiger charge is -2.32. The second-order valence-corrected chi connectivity index (χ2v) is 5.94. The lowest BCUT2D eigenvalue weighted by atomic mass is 9.98. The van der Waals surface area contributed by atoms with Gasteiger partial charge in [0.1, 0.15) is 5.82 Å². The van der Waals surface area contributed by atoms with Crippen molar-refractivity contribution in [1.29, 1.82) is 0 Å². The van der Waals surface area contributed by atoms with Gasteiger partial charge in [0.15, 0.2) is 0 Å². The normalized spacial score (nSPS) is 20.1. The van der Waals surface area contributed by atoms with Crippen LogP contribution in [0.5, 0.6) is 0 Å². The maximum atomic E-state index is 11.0. The van der Waals surface area contributed by atoms with Gasteiger partial charge < -0.3 is 9.88 Å². The Kier molecular flexibility index (Phi) is 4.81. The van der Waals surface area contributed by atoms with Gasteiger partial charge in [-0.25, -0.2) is 4.98 Å². The first kappa shape index (κ1) is 15.0. The Morgan fingerprint density at radius 1 is 1.45 bits per heavy atom. The number of amides is 1. The van der Waals surface area contributed by atoms with E-state index in [4.69, 9.17) is 0 Å². The monoisotopic (exact) mass is 278 g/mol. The van der Waals surface area contributed by atoms with E-state index in [9.17, 15) is 4.79 Å². The summed E-state index contributed by atoms with van der Waals surface area (Å²) in [6.07, 6.45) is 2.40. The average Bonchev–Trinajstić information content (AvgIpc) is 2.65. The van der Waals surface area contributed by atoms with Crippen molar-refractivity contribution in [2.45, 2.75) is 40.2 Å². The second-order valence-electron chi connectivity index (χ2n) is 5.94. The molecule has 1 aliphatic heterocycles. The molecule has 2 rings (SSSR count). The van der Waals surface area contributed by atoms with Crippen LogP contribution in [0, 0.1) is 19.8 Å². The van der Waals surface area contributed by atoms with Crippen LogP contribution in [-0.4, -0.2) is 40.0 Å². The predicted molar refractivity (Wildman–Crippen MR) is 79.4 cm³/mol. The van der Waals surface area contributed by atoms with Crippen LogP contribution in [0.15, 0.2) is 0 Å². The summed E-state index contributed by atoms with van der Waals surface area (Å²) in [5.74, 6) is 1.77. The summed E-state index contributed by atoms with van der Waals surface area (Å²) < 4.78 is 2.19. The molecule has 0 saturated carbocycles. The molecule has 0 radical (unpaired) electrons. The molecule has 5 heteroatoms. The summed E-state index contributed by atoms with van der Waals surface area (Å²) >= 11 is 0. The minimum atomic E-state index is 0.0671. The number of nitrogens with one attached hydrogen (secondary N) is 1.